The van der Waals surface area contributed by atoms with Crippen molar-refractivity contribution in [2.45, 2.75) is 25.8 Å². The Labute approximate surface area is 121 Å². The van der Waals surface area contributed by atoms with E-state index in [-0.39, 0.29) is 0 Å². The van der Waals surface area contributed by atoms with Crippen molar-refractivity contribution in [3.8, 4) is 5.75 Å². The number of aliphatic imine (C=N–C) groups is 1. The quantitative estimate of drug-likeness (QED) is 0.905. The maximum absolute atomic E-state index is 5.35. The number of rotatable bonds is 3. The van der Waals surface area contributed by atoms with Crippen LogP contribution in [0.1, 0.15) is 19.8 Å². The number of benzene rings is 1. The van der Waals surface area contributed by atoms with Crippen molar-refractivity contribution < 1.29 is 4.74 Å². The maximum atomic E-state index is 5.35. The Morgan fingerprint density at radius 3 is 3.11 bits per heavy atom. The average molecular weight is 329 g/mol. The second kappa shape index (κ2) is 6.48. The number of amidine groups is 1. The fourth-order valence-electron chi connectivity index (χ4n) is 1.82. The normalized spacial score (nSPS) is 19.3. The van der Waals surface area contributed by atoms with E-state index < -0.39 is 0 Å². The van der Waals surface area contributed by atoms with Crippen LogP contribution in [0.25, 0.3) is 0 Å². The molecule has 0 spiro atoms. The van der Waals surface area contributed by atoms with Crippen LogP contribution in [0.15, 0.2) is 27.7 Å². The largest absolute Gasteiger partial charge is 0.495 e. The van der Waals surface area contributed by atoms with E-state index in [0.29, 0.717) is 6.04 Å². The topological polar surface area (TPSA) is 33.6 Å². The first kappa shape index (κ1) is 13.7. The van der Waals surface area contributed by atoms with E-state index >= 15 is 0 Å². The van der Waals surface area contributed by atoms with Crippen LogP contribution in [0.4, 0.5) is 5.69 Å². The lowest BCUT2D eigenvalue weighted by molar-refractivity contribution is 0.417. The van der Waals surface area contributed by atoms with Crippen LogP contribution in [0.3, 0.4) is 0 Å². The molecule has 1 aliphatic heterocycles. The summed E-state index contributed by atoms with van der Waals surface area (Å²) >= 11 is 5.24. The van der Waals surface area contributed by atoms with E-state index in [0.717, 1.165) is 33.3 Å². The number of thioether (sulfide) groups is 1. The molecule has 0 fully saturated rings. The van der Waals surface area contributed by atoms with Gasteiger partial charge in [0.2, 0.25) is 0 Å². The van der Waals surface area contributed by atoms with E-state index in [9.17, 15) is 0 Å². The van der Waals surface area contributed by atoms with Crippen LogP contribution in [-0.4, -0.2) is 24.1 Å². The summed E-state index contributed by atoms with van der Waals surface area (Å²) in [5, 5.41) is 4.35. The van der Waals surface area contributed by atoms with Crippen molar-refractivity contribution in [1.29, 1.82) is 0 Å². The molecule has 18 heavy (non-hydrogen) atoms. The van der Waals surface area contributed by atoms with Gasteiger partial charge in [0.25, 0.3) is 0 Å². The number of ether oxygens (including phenoxy) is 1. The van der Waals surface area contributed by atoms with Crippen molar-refractivity contribution in [3.63, 3.8) is 0 Å². The van der Waals surface area contributed by atoms with Gasteiger partial charge >= 0.3 is 0 Å². The lowest BCUT2D eigenvalue weighted by Crippen LogP contribution is -2.19. The SMILES string of the molecule is CCC1CCSC(Nc2cc(Br)ccc2OC)=N1. The zero-order chi connectivity index (χ0) is 13.0. The van der Waals surface area contributed by atoms with E-state index in [1.54, 1.807) is 18.9 Å². The van der Waals surface area contributed by atoms with Gasteiger partial charge in [0.1, 0.15) is 5.75 Å². The minimum absolute atomic E-state index is 0.451. The third kappa shape index (κ3) is 3.42. The Bertz CT molecular complexity index is 451. The van der Waals surface area contributed by atoms with Crippen molar-refractivity contribution in [2.24, 2.45) is 4.99 Å². The van der Waals surface area contributed by atoms with Gasteiger partial charge in [0.15, 0.2) is 5.17 Å². The number of hydrogen-bond donors (Lipinski definition) is 1. The summed E-state index contributed by atoms with van der Waals surface area (Å²) in [4.78, 5) is 4.70. The molecule has 0 saturated carbocycles. The lowest BCUT2D eigenvalue weighted by Gasteiger charge is -2.20. The van der Waals surface area contributed by atoms with Gasteiger partial charge in [-0.2, -0.15) is 0 Å². The number of halogens is 1. The van der Waals surface area contributed by atoms with Crippen molar-refractivity contribution in [1.82, 2.24) is 0 Å². The van der Waals surface area contributed by atoms with E-state index in [1.165, 1.54) is 6.42 Å². The van der Waals surface area contributed by atoms with Gasteiger partial charge in [-0.15, -0.1) is 0 Å². The molecule has 1 aromatic carbocycles. The van der Waals surface area contributed by atoms with Gasteiger partial charge < -0.3 is 10.1 Å². The average Bonchev–Trinajstić information content (AvgIpc) is 2.39. The molecule has 1 aromatic rings. The molecule has 1 aliphatic rings. The second-order valence-corrected chi connectivity index (χ2v) is 6.10. The highest BCUT2D eigenvalue weighted by molar-refractivity contribution is 9.10. The fraction of sp³-hybridized carbons (Fsp3) is 0.462. The van der Waals surface area contributed by atoms with E-state index in [4.69, 9.17) is 9.73 Å². The minimum atomic E-state index is 0.451. The molecule has 1 unspecified atom stereocenters. The van der Waals surface area contributed by atoms with E-state index in [1.807, 2.05) is 18.2 Å². The molecule has 0 aliphatic carbocycles. The van der Waals surface area contributed by atoms with Crippen LogP contribution in [0.2, 0.25) is 0 Å². The second-order valence-electron chi connectivity index (χ2n) is 4.10. The molecule has 98 valence electrons. The number of nitrogens with zero attached hydrogens (tertiary/aromatic N) is 1. The Balaban J connectivity index is 2.18. The van der Waals surface area contributed by atoms with Crippen LogP contribution in [0, 0.1) is 0 Å². The highest BCUT2D eigenvalue weighted by Crippen LogP contribution is 2.30. The summed E-state index contributed by atoms with van der Waals surface area (Å²) < 4.78 is 6.37. The summed E-state index contributed by atoms with van der Waals surface area (Å²) in [7, 11) is 1.68. The number of methoxy groups -OCH3 is 1. The summed E-state index contributed by atoms with van der Waals surface area (Å²) in [5.74, 6) is 1.96. The van der Waals surface area contributed by atoms with Gasteiger partial charge in [-0.05, 0) is 31.0 Å². The highest BCUT2D eigenvalue weighted by atomic mass is 79.9. The van der Waals surface area contributed by atoms with Gasteiger partial charge in [-0.25, -0.2) is 0 Å². The molecule has 0 bridgehead atoms. The first-order valence-corrected chi connectivity index (χ1v) is 7.82. The van der Waals surface area contributed by atoms with Crippen LogP contribution in [-0.2, 0) is 0 Å². The van der Waals surface area contributed by atoms with Gasteiger partial charge in [-0.1, -0.05) is 34.6 Å². The van der Waals surface area contributed by atoms with Gasteiger partial charge in [0, 0.05) is 10.2 Å². The molecule has 0 amide bonds. The van der Waals surface area contributed by atoms with Gasteiger partial charge in [0.05, 0.1) is 18.8 Å². The Hall–Kier alpha value is -0.680. The van der Waals surface area contributed by atoms with Crippen LogP contribution < -0.4 is 10.1 Å². The number of hydrogen-bond acceptors (Lipinski definition) is 4. The predicted octanol–water partition coefficient (Wildman–Crippen LogP) is 4.14. The Kier molecular flexibility index (Phi) is 4.95. The van der Waals surface area contributed by atoms with Crippen LogP contribution >= 0.6 is 27.7 Å². The Morgan fingerprint density at radius 2 is 2.39 bits per heavy atom. The number of anilines is 1. The third-order valence-electron chi connectivity index (χ3n) is 2.86. The van der Waals surface area contributed by atoms with Crippen molar-refractivity contribution in [3.05, 3.63) is 22.7 Å². The van der Waals surface area contributed by atoms with Gasteiger partial charge in [-0.3, -0.25) is 4.99 Å². The lowest BCUT2D eigenvalue weighted by atomic mass is 10.2. The fourth-order valence-corrected chi connectivity index (χ4v) is 3.17. The standard InChI is InChI=1S/C13H17BrN2OS/c1-3-10-6-7-18-13(15-10)16-11-8-9(14)4-5-12(11)17-2/h4-5,8,10H,3,6-7H2,1-2H3,(H,15,16). The summed E-state index contributed by atoms with van der Waals surface area (Å²) in [6, 6.07) is 6.37. The molecule has 5 heteroatoms. The third-order valence-corrected chi connectivity index (χ3v) is 4.28. The molecule has 1 N–H and O–H groups in total. The van der Waals surface area contributed by atoms with Crippen molar-refractivity contribution >= 4 is 38.5 Å². The molecular formula is C13H17BrN2OS. The molecule has 1 heterocycles. The first-order chi connectivity index (χ1) is 8.72. The molecule has 3 nitrogen and oxygen atoms in total. The molecule has 0 radical (unpaired) electrons. The summed E-state index contributed by atoms with van der Waals surface area (Å²) in [5.41, 5.74) is 0.954. The number of nitrogens with one attached hydrogen (secondary N) is 1. The zero-order valence-corrected chi connectivity index (χ0v) is 13.0. The zero-order valence-electron chi connectivity index (χ0n) is 10.6. The highest BCUT2D eigenvalue weighted by Gasteiger charge is 2.15. The first-order valence-electron chi connectivity index (χ1n) is 6.04. The monoisotopic (exact) mass is 328 g/mol. The van der Waals surface area contributed by atoms with E-state index in [2.05, 4.69) is 28.2 Å². The molecule has 0 saturated heterocycles. The summed E-state index contributed by atoms with van der Waals surface area (Å²) in [6.07, 6.45) is 2.27. The summed E-state index contributed by atoms with van der Waals surface area (Å²) in [6.45, 7) is 2.18. The maximum Gasteiger partial charge on any atom is 0.161 e. The molecular weight excluding hydrogens is 312 g/mol. The molecule has 1 atom stereocenters. The molecule has 0 aromatic heterocycles. The molecule has 2 rings (SSSR count). The predicted molar refractivity (Wildman–Crippen MR) is 82.9 cm³/mol. The van der Waals surface area contributed by atoms with Crippen LogP contribution in [0.5, 0.6) is 5.75 Å². The Morgan fingerprint density at radius 1 is 1.56 bits per heavy atom. The van der Waals surface area contributed by atoms with Crippen molar-refractivity contribution in [2.75, 3.05) is 18.2 Å². The smallest absolute Gasteiger partial charge is 0.161 e. The minimum Gasteiger partial charge on any atom is -0.495 e.